The van der Waals surface area contributed by atoms with Crippen molar-refractivity contribution in [1.29, 1.82) is 5.26 Å². The second kappa shape index (κ2) is 6.73. The van der Waals surface area contributed by atoms with Crippen LogP contribution in [0.3, 0.4) is 0 Å². The maximum atomic E-state index is 9.38. The van der Waals surface area contributed by atoms with Crippen LogP contribution < -0.4 is 0 Å². The van der Waals surface area contributed by atoms with Crippen molar-refractivity contribution in [3.8, 4) is 6.07 Å². The highest BCUT2D eigenvalue weighted by atomic mass is 15.1. The molecular formula is C17H24N2. The Hall–Kier alpha value is -1.33. The zero-order valence-electron chi connectivity index (χ0n) is 12.1. The Labute approximate surface area is 117 Å². The van der Waals surface area contributed by atoms with Crippen LogP contribution in [0.4, 0.5) is 0 Å². The van der Waals surface area contributed by atoms with E-state index in [1.54, 1.807) is 0 Å². The number of nitriles is 1. The van der Waals surface area contributed by atoms with Crippen molar-refractivity contribution in [3.63, 3.8) is 0 Å². The van der Waals surface area contributed by atoms with E-state index in [-0.39, 0.29) is 5.92 Å². The molecule has 1 atom stereocenters. The molecule has 0 N–H and O–H groups in total. The molecular weight excluding hydrogens is 232 g/mol. The highest BCUT2D eigenvalue weighted by molar-refractivity contribution is 5.29. The van der Waals surface area contributed by atoms with Gasteiger partial charge in [-0.15, -0.1) is 0 Å². The summed E-state index contributed by atoms with van der Waals surface area (Å²) in [4.78, 5) is 2.41. The molecule has 1 unspecified atom stereocenters. The minimum Gasteiger partial charge on any atom is -0.302 e. The molecule has 2 heteroatoms. The second-order valence-corrected chi connectivity index (χ2v) is 6.03. The van der Waals surface area contributed by atoms with Gasteiger partial charge in [-0.1, -0.05) is 38.1 Å². The molecule has 102 valence electrons. The van der Waals surface area contributed by atoms with Crippen LogP contribution >= 0.6 is 0 Å². The number of hydrogen-bond donors (Lipinski definition) is 0. The van der Waals surface area contributed by atoms with Crippen molar-refractivity contribution in [2.24, 2.45) is 5.92 Å². The highest BCUT2D eigenvalue weighted by Crippen LogP contribution is 2.20. The molecule has 2 rings (SSSR count). The van der Waals surface area contributed by atoms with E-state index in [1.165, 1.54) is 24.0 Å². The molecule has 1 aliphatic heterocycles. The summed E-state index contributed by atoms with van der Waals surface area (Å²) in [6, 6.07) is 11.1. The van der Waals surface area contributed by atoms with Gasteiger partial charge in [-0.2, -0.15) is 5.26 Å². The van der Waals surface area contributed by atoms with Crippen LogP contribution in [0.1, 0.15) is 43.7 Å². The first-order chi connectivity index (χ1) is 9.19. The first-order valence-corrected chi connectivity index (χ1v) is 7.40. The zero-order chi connectivity index (χ0) is 13.7. The van der Waals surface area contributed by atoms with Crippen molar-refractivity contribution in [2.75, 3.05) is 19.6 Å². The number of likely N-dealkylation sites (tertiary alicyclic amines) is 1. The first-order valence-electron chi connectivity index (χ1n) is 7.40. The van der Waals surface area contributed by atoms with E-state index in [4.69, 9.17) is 0 Å². The highest BCUT2D eigenvalue weighted by Gasteiger charge is 2.18. The maximum Gasteiger partial charge on any atom is 0.0839 e. The lowest BCUT2D eigenvalue weighted by Gasteiger charge is -2.19. The third-order valence-electron chi connectivity index (χ3n) is 3.82. The van der Waals surface area contributed by atoms with Crippen molar-refractivity contribution in [1.82, 2.24) is 4.90 Å². The first kappa shape index (κ1) is 14.1. The lowest BCUT2D eigenvalue weighted by Crippen LogP contribution is -2.25. The largest absolute Gasteiger partial charge is 0.302 e. The molecule has 19 heavy (non-hydrogen) atoms. The summed E-state index contributed by atoms with van der Waals surface area (Å²) >= 11 is 0. The van der Waals surface area contributed by atoms with Crippen LogP contribution in [0.25, 0.3) is 0 Å². The Bertz CT molecular complexity index is 422. The van der Waals surface area contributed by atoms with Crippen LogP contribution in [-0.2, 0) is 6.42 Å². The van der Waals surface area contributed by atoms with Gasteiger partial charge in [0.25, 0.3) is 0 Å². The van der Waals surface area contributed by atoms with Gasteiger partial charge in [-0.05, 0) is 49.4 Å². The average molecular weight is 256 g/mol. The number of rotatable bonds is 5. The van der Waals surface area contributed by atoms with Gasteiger partial charge in [0, 0.05) is 6.54 Å². The van der Waals surface area contributed by atoms with E-state index in [0.717, 1.165) is 26.1 Å². The van der Waals surface area contributed by atoms with Gasteiger partial charge in [0.15, 0.2) is 0 Å². The van der Waals surface area contributed by atoms with Gasteiger partial charge in [0.2, 0.25) is 0 Å². The fraction of sp³-hybridized carbons (Fsp3) is 0.588. The quantitative estimate of drug-likeness (QED) is 0.805. The van der Waals surface area contributed by atoms with Gasteiger partial charge in [-0.25, -0.2) is 0 Å². The molecule has 0 aromatic heterocycles. The van der Waals surface area contributed by atoms with Gasteiger partial charge < -0.3 is 4.90 Å². The summed E-state index contributed by atoms with van der Waals surface area (Å²) < 4.78 is 0. The van der Waals surface area contributed by atoms with Gasteiger partial charge in [0.1, 0.15) is 0 Å². The molecule has 0 aliphatic carbocycles. The molecule has 1 aromatic rings. The third-order valence-corrected chi connectivity index (χ3v) is 3.82. The molecule has 1 aliphatic rings. The van der Waals surface area contributed by atoms with E-state index in [2.05, 4.69) is 49.1 Å². The fourth-order valence-electron chi connectivity index (χ4n) is 2.80. The minimum atomic E-state index is 0.0196. The Balaban J connectivity index is 2.00. The predicted octanol–water partition coefficient (Wildman–Crippen LogP) is 3.59. The van der Waals surface area contributed by atoms with Crippen molar-refractivity contribution in [2.45, 2.75) is 39.0 Å². The second-order valence-electron chi connectivity index (χ2n) is 6.03. The topological polar surface area (TPSA) is 27.0 Å². The van der Waals surface area contributed by atoms with E-state index in [9.17, 15) is 5.26 Å². The Morgan fingerprint density at radius 2 is 1.79 bits per heavy atom. The summed E-state index contributed by atoms with van der Waals surface area (Å²) in [6.45, 7) is 7.67. The van der Waals surface area contributed by atoms with Gasteiger partial charge in [0.05, 0.1) is 12.0 Å². The minimum absolute atomic E-state index is 0.0196. The van der Waals surface area contributed by atoms with E-state index < -0.39 is 0 Å². The fourth-order valence-corrected chi connectivity index (χ4v) is 2.80. The Kier molecular flexibility index (Phi) is 4.99. The summed E-state index contributed by atoms with van der Waals surface area (Å²) in [5.74, 6) is 0.702. The van der Waals surface area contributed by atoms with Crippen molar-refractivity contribution in [3.05, 3.63) is 35.4 Å². The number of hydrogen-bond acceptors (Lipinski definition) is 2. The summed E-state index contributed by atoms with van der Waals surface area (Å²) in [5.41, 5.74) is 2.54. The van der Waals surface area contributed by atoms with Gasteiger partial charge >= 0.3 is 0 Å². The molecule has 0 bridgehead atoms. The smallest absolute Gasteiger partial charge is 0.0839 e. The van der Waals surface area contributed by atoms with E-state index in [0.29, 0.717) is 5.92 Å². The lowest BCUT2D eigenvalue weighted by molar-refractivity contribution is 0.332. The van der Waals surface area contributed by atoms with Crippen LogP contribution in [0.2, 0.25) is 0 Å². The molecule has 1 saturated heterocycles. The summed E-state index contributed by atoms with van der Waals surface area (Å²) in [7, 11) is 0. The molecule has 0 radical (unpaired) electrons. The number of nitrogens with zero attached hydrogens (tertiary/aromatic N) is 2. The molecule has 1 fully saturated rings. The third kappa shape index (κ3) is 4.08. The lowest BCUT2D eigenvalue weighted by atomic mass is 9.96. The number of benzene rings is 1. The monoisotopic (exact) mass is 256 g/mol. The van der Waals surface area contributed by atoms with Crippen LogP contribution in [0.15, 0.2) is 24.3 Å². The summed E-state index contributed by atoms with van der Waals surface area (Å²) in [6.07, 6.45) is 3.68. The normalized spacial score (nSPS) is 17.6. The van der Waals surface area contributed by atoms with Crippen molar-refractivity contribution < 1.29 is 0 Å². The van der Waals surface area contributed by atoms with E-state index >= 15 is 0 Å². The van der Waals surface area contributed by atoms with Crippen molar-refractivity contribution >= 4 is 0 Å². The maximum absolute atomic E-state index is 9.38. The molecule has 0 amide bonds. The molecule has 2 nitrogen and oxygen atoms in total. The standard InChI is InChI=1S/C17H24N2/c1-14(2)11-15-5-7-16(8-6-15)17(12-18)13-19-9-3-4-10-19/h5-8,14,17H,3-4,9-11,13H2,1-2H3. The van der Waals surface area contributed by atoms with Crippen LogP contribution in [0.5, 0.6) is 0 Å². The Morgan fingerprint density at radius 1 is 1.16 bits per heavy atom. The van der Waals surface area contributed by atoms with Crippen LogP contribution in [0, 0.1) is 17.2 Å². The molecule has 0 spiro atoms. The van der Waals surface area contributed by atoms with E-state index in [1.807, 2.05) is 0 Å². The molecule has 1 heterocycles. The van der Waals surface area contributed by atoms with Crippen LogP contribution in [-0.4, -0.2) is 24.5 Å². The SMILES string of the molecule is CC(C)Cc1ccc(C(C#N)CN2CCCC2)cc1. The average Bonchev–Trinajstić information content (AvgIpc) is 2.89. The zero-order valence-corrected chi connectivity index (χ0v) is 12.1. The summed E-state index contributed by atoms with van der Waals surface area (Å²) in [5, 5.41) is 9.38. The molecule has 0 saturated carbocycles. The van der Waals surface area contributed by atoms with Gasteiger partial charge in [-0.3, -0.25) is 0 Å². The Morgan fingerprint density at radius 3 is 2.32 bits per heavy atom. The predicted molar refractivity (Wildman–Crippen MR) is 79.0 cm³/mol. The molecule has 1 aromatic carbocycles.